The summed E-state index contributed by atoms with van der Waals surface area (Å²) >= 11 is 0. The second kappa shape index (κ2) is 13.6. The molecule has 0 spiro atoms. The Labute approximate surface area is 177 Å². The Morgan fingerprint density at radius 1 is 1.23 bits per heavy atom. The second-order valence-corrected chi connectivity index (χ2v) is 7.30. The molecule has 0 saturated carbocycles. The van der Waals surface area contributed by atoms with E-state index in [1.165, 1.54) is 5.56 Å². The summed E-state index contributed by atoms with van der Waals surface area (Å²) in [6, 6.07) is 10.2. The van der Waals surface area contributed by atoms with Crippen LogP contribution in [0.25, 0.3) is 0 Å². The molecular weight excluding hydrogens is 388 g/mol. The Morgan fingerprint density at radius 2 is 1.93 bits per heavy atom. The SMILES string of the molecule is O=C1CN(CCCNC(=O)N2CCC(OCc3ccccc3)CC2)CCN1.O=CO. The maximum absolute atomic E-state index is 12.3. The smallest absolute Gasteiger partial charge is 0.317 e. The Kier molecular flexibility index (Phi) is 10.7. The molecule has 3 N–H and O–H groups in total. The number of piperidine rings is 1. The number of nitrogens with zero attached hydrogens (tertiary/aromatic N) is 2. The maximum Gasteiger partial charge on any atom is 0.317 e. The van der Waals surface area contributed by atoms with E-state index in [-0.39, 0.29) is 24.5 Å². The van der Waals surface area contributed by atoms with Crippen molar-refractivity contribution in [3.63, 3.8) is 0 Å². The number of carbonyl (C=O) groups excluding carboxylic acids is 2. The highest BCUT2D eigenvalue weighted by Gasteiger charge is 2.23. The van der Waals surface area contributed by atoms with Gasteiger partial charge in [-0.1, -0.05) is 30.3 Å². The van der Waals surface area contributed by atoms with Gasteiger partial charge in [-0.25, -0.2) is 4.79 Å². The van der Waals surface area contributed by atoms with Crippen LogP contribution in [0.4, 0.5) is 4.79 Å². The van der Waals surface area contributed by atoms with Gasteiger partial charge in [-0.15, -0.1) is 0 Å². The van der Waals surface area contributed by atoms with Crippen molar-refractivity contribution in [3.8, 4) is 0 Å². The van der Waals surface area contributed by atoms with Crippen LogP contribution in [0.3, 0.4) is 0 Å². The monoisotopic (exact) mass is 420 g/mol. The fourth-order valence-corrected chi connectivity index (χ4v) is 3.51. The molecule has 9 heteroatoms. The van der Waals surface area contributed by atoms with Crippen LogP contribution in [0.15, 0.2) is 30.3 Å². The zero-order valence-electron chi connectivity index (χ0n) is 17.3. The van der Waals surface area contributed by atoms with Gasteiger partial charge in [0.15, 0.2) is 0 Å². The minimum atomic E-state index is -0.250. The highest BCUT2D eigenvalue weighted by Crippen LogP contribution is 2.15. The molecule has 0 unspecified atom stereocenters. The number of rotatable bonds is 7. The summed E-state index contributed by atoms with van der Waals surface area (Å²) in [5.74, 6) is 0.0858. The largest absolute Gasteiger partial charge is 0.483 e. The number of likely N-dealkylation sites (tertiary alicyclic amines) is 1. The number of nitrogens with one attached hydrogen (secondary N) is 2. The average Bonchev–Trinajstić information content (AvgIpc) is 2.77. The molecule has 2 aliphatic rings. The van der Waals surface area contributed by atoms with Crippen LogP contribution in [0.2, 0.25) is 0 Å². The number of carboxylic acid groups (broad SMARTS) is 1. The molecule has 0 radical (unpaired) electrons. The van der Waals surface area contributed by atoms with Crippen LogP contribution < -0.4 is 10.6 Å². The number of carbonyl (C=O) groups is 3. The van der Waals surface area contributed by atoms with E-state index in [1.807, 2.05) is 23.1 Å². The van der Waals surface area contributed by atoms with E-state index in [2.05, 4.69) is 27.7 Å². The molecule has 30 heavy (non-hydrogen) atoms. The highest BCUT2D eigenvalue weighted by molar-refractivity contribution is 5.78. The van der Waals surface area contributed by atoms with E-state index in [1.54, 1.807) is 0 Å². The van der Waals surface area contributed by atoms with Crippen molar-refractivity contribution in [3.05, 3.63) is 35.9 Å². The lowest BCUT2D eigenvalue weighted by Gasteiger charge is -2.32. The minimum absolute atomic E-state index is 0.00731. The molecule has 1 aromatic carbocycles. The molecule has 0 bridgehead atoms. The third kappa shape index (κ3) is 8.79. The lowest BCUT2D eigenvalue weighted by molar-refractivity contribution is -0.124. The van der Waals surface area contributed by atoms with Crippen LogP contribution in [0.5, 0.6) is 0 Å². The average molecular weight is 421 g/mol. The molecule has 1 aromatic rings. The lowest BCUT2D eigenvalue weighted by atomic mass is 10.1. The fourth-order valence-electron chi connectivity index (χ4n) is 3.51. The zero-order valence-corrected chi connectivity index (χ0v) is 17.3. The quantitative estimate of drug-likeness (QED) is 0.446. The molecule has 2 aliphatic heterocycles. The summed E-state index contributed by atoms with van der Waals surface area (Å²) in [5.41, 5.74) is 1.18. The van der Waals surface area contributed by atoms with Gasteiger partial charge >= 0.3 is 6.03 Å². The Hall–Kier alpha value is -2.65. The molecule has 0 atom stereocenters. The molecule has 0 aliphatic carbocycles. The van der Waals surface area contributed by atoms with Crippen LogP contribution in [0, 0.1) is 0 Å². The van der Waals surface area contributed by atoms with Gasteiger partial charge in [0.05, 0.1) is 19.3 Å². The molecule has 9 nitrogen and oxygen atoms in total. The predicted octanol–water partition coefficient (Wildman–Crippen LogP) is 0.900. The van der Waals surface area contributed by atoms with Gasteiger partial charge in [-0.05, 0) is 24.8 Å². The first-order valence-electron chi connectivity index (χ1n) is 10.4. The van der Waals surface area contributed by atoms with Gasteiger partial charge < -0.3 is 25.4 Å². The number of hydrogen-bond acceptors (Lipinski definition) is 5. The van der Waals surface area contributed by atoms with Gasteiger partial charge in [0.2, 0.25) is 5.91 Å². The molecule has 2 saturated heterocycles. The number of amides is 3. The van der Waals surface area contributed by atoms with Crippen molar-refractivity contribution in [1.82, 2.24) is 20.4 Å². The van der Waals surface area contributed by atoms with Gasteiger partial charge in [0, 0.05) is 39.3 Å². The molecule has 166 valence electrons. The number of piperazine rings is 1. The van der Waals surface area contributed by atoms with Gasteiger partial charge in [0.1, 0.15) is 0 Å². The standard InChI is InChI=1S/C20H30N4O3.CH2O2/c25-19-15-23(14-10-21-19)11-4-9-22-20(26)24-12-7-18(8-13-24)27-16-17-5-2-1-3-6-17;2-1-3/h1-3,5-6,18H,4,7-16H2,(H,21,25)(H,22,26);1H,(H,2,3). The van der Waals surface area contributed by atoms with Crippen molar-refractivity contribution in [2.24, 2.45) is 0 Å². The number of hydrogen-bond donors (Lipinski definition) is 3. The molecule has 3 amide bonds. The number of benzene rings is 1. The van der Waals surface area contributed by atoms with Crippen molar-refractivity contribution in [2.75, 3.05) is 45.8 Å². The summed E-state index contributed by atoms with van der Waals surface area (Å²) in [6.07, 6.45) is 2.83. The Bertz CT molecular complexity index is 650. The minimum Gasteiger partial charge on any atom is -0.483 e. The first kappa shape index (κ1) is 23.6. The summed E-state index contributed by atoms with van der Waals surface area (Å²) < 4.78 is 5.97. The van der Waals surface area contributed by atoms with Crippen LogP contribution in [-0.2, 0) is 20.9 Å². The fraction of sp³-hybridized carbons (Fsp3) is 0.571. The van der Waals surface area contributed by atoms with E-state index >= 15 is 0 Å². The van der Waals surface area contributed by atoms with E-state index in [4.69, 9.17) is 14.6 Å². The van der Waals surface area contributed by atoms with Crippen LogP contribution >= 0.6 is 0 Å². The molecule has 0 aromatic heterocycles. The second-order valence-electron chi connectivity index (χ2n) is 7.30. The van der Waals surface area contributed by atoms with Crippen molar-refractivity contribution < 1.29 is 24.2 Å². The summed E-state index contributed by atoms with van der Waals surface area (Å²) in [5, 5.41) is 12.7. The van der Waals surface area contributed by atoms with Crippen molar-refractivity contribution in [2.45, 2.75) is 32.0 Å². The first-order valence-corrected chi connectivity index (χ1v) is 10.4. The van der Waals surface area contributed by atoms with Crippen molar-refractivity contribution >= 4 is 18.4 Å². The third-order valence-electron chi connectivity index (χ3n) is 5.10. The van der Waals surface area contributed by atoms with Gasteiger partial charge in [0.25, 0.3) is 6.47 Å². The molecule has 3 rings (SSSR count). The summed E-state index contributed by atoms with van der Waals surface area (Å²) in [6.45, 7) is 5.39. The highest BCUT2D eigenvalue weighted by atomic mass is 16.5. The van der Waals surface area contributed by atoms with E-state index in [0.717, 1.165) is 45.4 Å². The van der Waals surface area contributed by atoms with E-state index < -0.39 is 0 Å². The van der Waals surface area contributed by atoms with Crippen LogP contribution in [0.1, 0.15) is 24.8 Å². The summed E-state index contributed by atoms with van der Waals surface area (Å²) in [4.78, 5) is 36.0. The predicted molar refractivity (Wildman–Crippen MR) is 112 cm³/mol. The summed E-state index contributed by atoms with van der Waals surface area (Å²) in [7, 11) is 0. The first-order chi connectivity index (χ1) is 14.6. The topological polar surface area (TPSA) is 111 Å². The van der Waals surface area contributed by atoms with Crippen molar-refractivity contribution in [1.29, 1.82) is 0 Å². The third-order valence-corrected chi connectivity index (χ3v) is 5.10. The van der Waals surface area contributed by atoms with E-state index in [0.29, 0.717) is 26.2 Å². The zero-order chi connectivity index (χ0) is 21.6. The normalized spacial score (nSPS) is 17.5. The lowest BCUT2D eigenvalue weighted by Crippen LogP contribution is -2.49. The number of urea groups is 1. The Morgan fingerprint density at radius 3 is 2.60 bits per heavy atom. The number of ether oxygens (including phenoxy) is 1. The molecule has 2 fully saturated rings. The van der Waals surface area contributed by atoms with Gasteiger partial charge in [-0.2, -0.15) is 0 Å². The maximum atomic E-state index is 12.3. The van der Waals surface area contributed by atoms with Gasteiger partial charge in [-0.3, -0.25) is 14.5 Å². The van der Waals surface area contributed by atoms with Crippen LogP contribution in [-0.4, -0.2) is 85.2 Å². The Balaban J connectivity index is 0.00000101. The molecular formula is C21H32N4O5. The van der Waals surface area contributed by atoms with E-state index in [9.17, 15) is 9.59 Å². The molecule has 2 heterocycles.